The highest BCUT2D eigenvalue weighted by Gasteiger charge is 2.30. The first-order chi connectivity index (χ1) is 7.39. The Labute approximate surface area is 90.0 Å². The molecule has 6 heteroatoms. The first-order valence-corrected chi connectivity index (χ1v) is 4.36. The van der Waals surface area contributed by atoms with Crippen molar-refractivity contribution in [2.24, 2.45) is 5.10 Å². The van der Waals surface area contributed by atoms with E-state index in [4.69, 9.17) is 0 Å². The van der Waals surface area contributed by atoms with Gasteiger partial charge in [-0.1, -0.05) is 12.1 Å². The zero-order valence-electron chi connectivity index (χ0n) is 8.38. The third kappa shape index (κ3) is 3.72. The van der Waals surface area contributed by atoms with Crippen LogP contribution in [0, 0.1) is 0 Å². The van der Waals surface area contributed by atoms with Crippen LogP contribution in [0.1, 0.15) is 18.1 Å². The van der Waals surface area contributed by atoms with E-state index < -0.39 is 11.7 Å². The fraction of sp³-hybridized carbons (Fsp3) is 0.200. The maximum atomic E-state index is 12.3. The van der Waals surface area contributed by atoms with E-state index >= 15 is 0 Å². The van der Waals surface area contributed by atoms with Crippen LogP contribution in [0.4, 0.5) is 13.2 Å². The van der Waals surface area contributed by atoms with Gasteiger partial charge in [0.05, 0.1) is 11.8 Å². The van der Waals surface area contributed by atoms with Crippen molar-refractivity contribution < 1.29 is 18.0 Å². The molecule has 1 aromatic rings. The quantitative estimate of drug-likeness (QED) is 0.614. The molecule has 1 rings (SSSR count). The monoisotopic (exact) mass is 230 g/mol. The Bertz CT molecular complexity index is 413. The van der Waals surface area contributed by atoms with Crippen LogP contribution in [-0.4, -0.2) is 12.1 Å². The highest BCUT2D eigenvalue weighted by molar-refractivity contribution is 5.81. The summed E-state index contributed by atoms with van der Waals surface area (Å²) in [6.07, 6.45) is -3.23. The van der Waals surface area contributed by atoms with Crippen molar-refractivity contribution in [1.82, 2.24) is 5.43 Å². The molecule has 86 valence electrons. The average Bonchev–Trinajstić information content (AvgIpc) is 2.16. The topological polar surface area (TPSA) is 41.5 Å². The second kappa shape index (κ2) is 4.78. The van der Waals surface area contributed by atoms with E-state index in [1.807, 2.05) is 0 Å². The normalized spacial score (nSPS) is 11.8. The summed E-state index contributed by atoms with van der Waals surface area (Å²) < 4.78 is 36.9. The lowest BCUT2D eigenvalue weighted by Crippen LogP contribution is -2.12. The van der Waals surface area contributed by atoms with Gasteiger partial charge in [0.1, 0.15) is 0 Å². The lowest BCUT2D eigenvalue weighted by molar-refractivity contribution is -0.137. The van der Waals surface area contributed by atoms with Crippen LogP contribution >= 0.6 is 0 Å². The van der Waals surface area contributed by atoms with Crippen molar-refractivity contribution >= 4 is 12.1 Å². The summed E-state index contributed by atoms with van der Waals surface area (Å²) in [6, 6.07) is 4.65. The number of amides is 1. The first kappa shape index (κ1) is 12.2. The van der Waals surface area contributed by atoms with Crippen molar-refractivity contribution in [2.45, 2.75) is 13.1 Å². The molecule has 0 fully saturated rings. The van der Waals surface area contributed by atoms with Gasteiger partial charge in [-0.15, -0.1) is 0 Å². The molecule has 1 N–H and O–H groups in total. The molecule has 0 bridgehead atoms. The molecule has 0 heterocycles. The smallest absolute Gasteiger partial charge is 0.274 e. The Balaban J connectivity index is 2.83. The van der Waals surface area contributed by atoms with Crippen molar-refractivity contribution in [2.75, 3.05) is 0 Å². The largest absolute Gasteiger partial charge is 0.416 e. The van der Waals surface area contributed by atoms with Crippen LogP contribution in [0.2, 0.25) is 0 Å². The third-order valence-electron chi connectivity index (χ3n) is 1.65. The zero-order valence-corrected chi connectivity index (χ0v) is 8.38. The van der Waals surface area contributed by atoms with Crippen LogP contribution in [0.25, 0.3) is 0 Å². The molecule has 0 aliphatic heterocycles. The molecule has 0 saturated carbocycles. The van der Waals surface area contributed by atoms with Crippen molar-refractivity contribution in [1.29, 1.82) is 0 Å². The number of benzene rings is 1. The predicted molar refractivity (Wildman–Crippen MR) is 52.9 cm³/mol. The molecular formula is C10H9F3N2O. The Hall–Kier alpha value is -1.85. The molecule has 0 unspecified atom stereocenters. The molecule has 0 saturated heterocycles. The van der Waals surface area contributed by atoms with Gasteiger partial charge in [-0.05, 0) is 17.7 Å². The lowest BCUT2D eigenvalue weighted by Gasteiger charge is -2.06. The van der Waals surface area contributed by atoms with Crippen LogP contribution in [0.15, 0.2) is 29.4 Å². The summed E-state index contributed by atoms with van der Waals surface area (Å²) in [6.45, 7) is 1.25. The molecule has 0 spiro atoms. The Morgan fingerprint density at radius 3 is 2.69 bits per heavy atom. The predicted octanol–water partition coefficient (Wildman–Crippen LogP) is 2.18. The first-order valence-electron chi connectivity index (χ1n) is 4.36. The number of nitrogens with zero attached hydrogens (tertiary/aromatic N) is 1. The van der Waals surface area contributed by atoms with Gasteiger partial charge in [0.15, 0.2) is 0 Å². The molecule has 1 amide bonds. The van der Waals surface area contributed by atoms with Gasteiger partial charge in [0.2, 0.25) is 5.91 Å². The average molecular weight is 230 g/mol. The molecule has 0 aromatic heterocycles. The second-order valence-corrected chi connectivity index (χ2v) is 3.05. The van der Waals surface area contributed by atoms with Crippen LogP contribution < -0.4 is 5.43 Å². The number of hydrogen-bond acceptors (Lipinski definition) is 2. The van der Waals surface area contributed by atoms with E-state index in [1.54, 1.807) is 0 Å². The van der Waals surface area contributed by atoms with Gasteiger partial charge in [0.25, 0.3) is 0 Å². The maximum absolute atomic E-state index is 12.3. The molecular weight excluding hydrogens is 221 g/mol. The number of hydrazone groups is 1. The van der Waals surface area contributed by atoms with Crippen molar-refractivity contribution in [3.8, 4) is 0 Å². The van der Waals surface area contributed by atoms with E-state index in [0.29, 0.717) is 0 Å². The van der Waals surface area contributed by atoms with Gasteiger partial charge in [0, 0.05) is 6.92 Å². The summed E-state index contributed by atoms with van der Waals surface area (Å²) in [5, 5.41) is 3.47. The number of hydrogen-bond donors (Lipinski definition) is 1. The number of carbonyl (C=O) groups is 1. The van der Waals surface area contributed by atoms with E-state index in [9.17, 15) is 18.0 Å². The fourth-order valence-electron chi connectivity index (χ4n) is 0.993. The van der Waals surface area contributed by atoms with Crippen LogP contribution in [-0.2, 0) is 11.0 Å². The maximum Gasteiger partial charge on any atom is 0.416 e. The van der Waals surface area contributed by atoms with Gasteiger partial charge in [-0.25, -0.2) is 5.43 Å². The minimum absolute atomic E-state index is 0.267. The standard InChI is InChI=1S/C10H9F3N2O/c1-7(16)15-14-6-8-3-2-4-9(5-8)10(11,12)13/h2-6H,1H3,(H,15,16). The number of carbonyl (C=O) groups excluding carboxylic acids is 1. The highest BCUT2D eigenvalue weighted by atomic mass is 19.4. The molecule has 1 aromatic carbocycles. The summed E-state index contributed by atoms with van der Waals surface area (Å²) in [5.41, 5.74) is 1.62. The van der Waals surface area contributed by atoms with Gasteiger partial charge >= 0.3 is 6.18 Å². The van der Waals surface area contributed by atoms with Crippen LogP contribution in [0.5, 0.6) is 0 Å². The summed E-state index contributed by atoms with van der Waals surface area (Å²) in [5.74, 6) is -0.386. The molecule has 0 aliphatic carbocycles. The molecule has 0 radical (unpaired) electrons. The minimum Gasteiger partial charge on any atom is -0.274 e. The Morgan fingerprint density at radius 2 is 2.12 bits per heavy atom. The second-order valence-electron chi connectivity index (χ2n) is 3.05. The third-order valence-corrected chi connectivity index (χ3v) is 1.65. The van der Waals surface area contributed by atoms with Crippen molar-refractivity contribution in [3.63, 3.8) is 0 Å². The Kier molecular flexibility index (Phi) is 3.65. The molecule has 0 atom stereocenters. The number of halogens is 3. The summed E-state index contributed by atoms with van der Waals surface area (Å²) in [7, 11) is 0. The van der Waals surface area contributed by atoms with E-state index in [1.165, 1.54) is 19.1 Å². The van der Waals surface area contributed by atoms with Crippen molar-refractivity contribution in [3.05, 3.63) is 35.4 Å². The summed E-state index contributed by atoms with van der Waals surface area (Å²) >= 11 is 0. The molecule has 16 heavy (non-hydrogen) atoms. The SMILES string of the molecule is CC(=O)NN=Cc1cccc(C(F)(F)F)c1. The van der Waals surface area contributed by atoms with E-state index in [-0.39, 0.29) is 11.5 Å². The number of rotatable bonds is 2. The van der Waals surface area contributed by atoms with E-state index in [0.717, 1.165) is 18.3 Å². The van der Waals surface area contributed by atoms with Gasteiger partial charge in [-0.2, -0.15) is 18.3 Å². The Morgan fingerprint density at radius 1 is 1.44 bits per heavy atom. The number of alkyl halides is 3. The van der Waals surface area contributed by atoms with Gasteiger partial charge in [-0.3, -0.25) is 4.79 Å². The molecule has 3 nitrogen and oxygen atoms in total. The molecule has 0 aliphatic rings. The number of nitrogens with one attached hydrogen (secondary N) is 1. The van der Waals surface area contributed by atoms with Gasteiger partial charge < -0.3 is 0 Å². The fourth-order valence-corrected chi connectivity index (χ4v) is 0.993. The summed E-state index contributed by atoms with van der Waals surface area (Å²) in [4.78, 5) is 10.5. The zero-order chi connectivity index (χ0) is 12.2. The van der Waals surface area contributed by atoms with E-state index in [2.05, 4.69) is 10.5 Å². The lowest BCUT2D eigenvalue weighted by atomic mass is 10.1. The minimum atomic E-state index is -4.38. The van der Waals surface area contributed by atoms with Crippen LogP contribution in [0.3, 0.4) is 0 Å². The highest BCUT2D eigenvalue weighted by Crippen LogP contribution is 2.29.